The fourth-order valence-electron chi connectivity index (χ4n) is 2.40. The first-order valence-electron chi connectivity index (χ1n) is 7.54. The topological polar surface area (TPSA) is 64.4 Å². The number of methoxy groups -OCH3 is 1. The number of aryl methyl sites for hydroxylation is 1. The third kappa shape index (κ3) is 3.55. The molecule has 0 aliphatic heterocycles. The molecule has 1 amide bonds. The van der Waals surface area contributed by atoms with E-state index in [0.29, 0.717) is 29.6 Å². The monoisotopic (exact) mass is 342 g/mol. The van der Waals surface area contributed by atoms with Crippen LogP contribution >= 0.6 is 11.3 Å². The van der Waals surface area contributed by atoms with E-state index in [0.717, 1.165) is 16.0 Å². The summed E-state index contributed by atoms with van der Waals surface area (Å²) in [6.07, 6.45) is 1.60. The molecule has 5 nitrogen and oxygen atoms in total. The van der Waals surface area contributed by atoms with Crippen LogP contribution in [-0.2, 0) is 17.9 Å². The van der Waals surface area contributed by atoms with E-state index in [4.69, 9.17) is 9.15 Å². The molecule has 0 saturated heterocycles. The first-order valence-corrected chi connectivity index (χ1v) is 8.36. The van der Waals surface area contributed by atoms with Crippen LogP contribution < -0.4 is 5.32 Å². The molecule has 0 spiro atoms. The van der Waals surface area contributed by atoms with Crippen molar-refractivity contribution in [2.75, 3.05) is 7.11 Å². The Labute approximate surface area is 144 Å². The molecular formula is C18H18N2O3S. The normalized spacial score (nSPS) is 10.8. The van der Waals surface area contributed by atoms with Crippen molar-refractivity contribution in [1.82, 2.24) is 10.3 Å². The minimum Gasteiger partial charge on any atom is -0.462 e. The summed E-state index contributed by atoms with van der Waals surface area (Å²) in [5, 5.41) is 3.64. The molecule has 1 N–H and O–H groups in total. The highest BCUT2D eigenvalue weighted by molar-refractivity contribution is 7.15. The first kappa shape index (κ1) is 16.4. The zero-order chi connectivity index (χ0) is 16.9. The number of ether oxygens (including phenoxy) is 1. The number of carbonyl (C=O) groups is 1. The standard InChI is InChI=1S/C18H18N2O3S/c1-12-16(20-18(24-12)15-8-5-9-23-15)17(21)19-10-13-6-3-4-7-14(13)11-22-2/h3-9H,10-11H2,1-2H3,(H,19,21). The molecule has 6 heteroatoms. The molecule has 3 rings (SSSR count). The van der Waals surface area contributed by atoms with Gasteiger partial charge in [-0.25, -0.2) is 4.98 Å². The first-order chi connectivity index (χ1) is 11.7. The van der Waals surface area contributed by atoms with Crippen molar-refractivity contribution < 1.29 is 13.9 Å². The summed E-state index contributed by atoms with van der Waals surface area (Å²) in [4.78, 5) is 17.7. The molecule has 0 aliphatic carbocycles. The van der Waals surface area contributed by atoms with Crippen LogP contribution in [0.4, 0.5) is 0 Å². The predicted molar refractivity (Wildman–Crippen MR) is 92.9 cm³/mol. The van der Waals surface area contributed by atoms with E-state index in [1.54, 1.807) is 19.4 Å². The van der Waals surface area contributed by atoms with Crippen LogP contribution in [0.5, 0.6) is 0 Å². The van der Waals surface area contributed by atoms with Crippen LogP contribution in [0.1, 0.15) is 26.5 Å². The number of rotatable bonds is 6. The predicted octanol–water partition coefficient (Wildman–Crippen LogP) is 3.79. The molecule has 1 aromatic carbocycles. The van der Waals surface area contributed by atoms with Gasteiger partial charge >= 0.3 is 0 Å². The highest BCUT2D eigenvalue weighted by Gasteiger charge is 2.17. The molecule has 2 heterocycles. The van der Waals surface area contributed by atoms with Gasteiger partial charge in [0.05, 0.1) is 12.9 Å². The smallest absolute Gasteiger partial charge is 0.271 e. The fraction of sp³-hybridized carbons (Fsp3) is 0.222. The highest BCUT2D eigenvalue weighted by Crippen LogP contribution is 2.27. The number of thiazole rings is 1. The van der Waals surface area contributed by atoms with Gasteiger partial charge in [-0.2, -0.15) is 0 Å². The van der Waals surface area contributed by atoms with Gasteiger partial charge in [-0.1, -0.05) is 24.3 Å². The van der Waals surface area contributed by atoms with Crippen molar-refractivity contribution in [2.45, 2.75) is 20.1 Å². The Morgan fingerprint density at radius 2 is 2.04 bits per heavy atom. The van der Waals surface area contributed by atoms with Crippen LogP contribution in [0.25, 0.3) is 10.8 Å². The number of furan rings is 1. The average molecular weight is 342 g/mol. The van der Waals surface area contributed by atoms with Crippen molar-refractivity contribution >= 4 is 17.2 Å². The minimum absolute atomic E-state index is 0.186. The second-order valence-electron chi connectivity index (χ2n) is 5.29. The van der Waals surface area contributed by atoms with Crippen molar-refractivity contribution in [2.24, 2.45) is 0 Å². The zero-order valence-corrected chi connectivity index (χ0v) is 14.4. The van der Waals surface area contributed by atoms with Gasteiger partial charge in [0.1, 0.15) is 5.69 Å². The molecule has 3 aromatic rings. The van der Waals surface area contributed by atoms with E-state index in [1.807, 2.05) is 37.3 Å². The zero-order valence-electron chi connectivity index (χ0n) is 13.5. The molecule has 0 unspecified atom stereocenters. The molecule has 2 aromatic heterocycles. The summed E-state index contributed by atoms with van der Waals surface area (Å²) < 4.78 is 10.5. The maximum atomic E-state index is 12.5. The van der Waals surface area contributed by atoms with Crippen LogP contribution in [0, 0.1) is 6.92 Å². The van der Waals surface area contributed by atoms with E-state index in [2.05, 4.69) is 10.3 Å². The number of hydrogen-bond acceptors (Lipinski definition) is 5. The summed E-state index contributed by atoms with van der Waals surface area (Å²) in [7, 11) is 1.66. The second kappa shape index (κ2) is 7.42. The van der Waals surface area contributed by atoms with Gasteiger partial charge in [-0.05, 0) is 30.2 Å². The van der Waals surface area contributed by atoms with Gasteiger partial charge in [0, 0.05) is 18.5 Å². The number of carbonyl (C=O) groups excluding carboxylic acids is 1. The summed E-state index contributed by atoms with van der Waals surface area (Å²) in [6, 6.07) is 11.5. The summed E-state index contributed by atoms with van der Waals surface area (Å²) in [6.45, 7) is 2.84. The minimum atomic E-state index is -0.186. The molecule has 0 aliphatic rings. The van der Waals surface area contributed by atoms with Gasteiger partial charge < -0.3 is 14.5 Å². The Kier molecular flexibility index (Phi) is 5.08. The molecule has 0 atom stereocenters. The highest BCUT2D eigenvalue weighted by atomic mass is 32.1. The van der Waals surface area contributed by atoms with Gasteiger partial charge in [-0.15, -0.1) is 11.3 Å². The van der Waals surface area contributed by atoms with E-state index in [-0.39, 0.29) is 5.91 Å². The Morgan fingerprint density at radius 1 is 1.25 bits per heavy atom. The molecule has 0 radical (unpaired) electrons. The molecule has 124 valence electrons. The lowest BCUT2D eigenvalue weighted by atomic mass is 10.1. The Hall–Kier alpha value is -2.44. The van der Waals surface area contributed by atoms with Crippen LogP contribution in [0.2, 0.25) is 0 Å². The van der Waals surface area contributed by atoms with Crippen molar-refractivity contribution in [3.63, 3.8) is 0 Å². The maximum Gasteiger partial charge on any atom is 0.271 e. The van der Waals surface area contributed by atoms with Crippen molar-refractivity contribution in [1.29, 1.82) is 0 Å². The molecule has 0 fully saturated rings. The molecular weight excluding hydrogens is 324 g/mol. The van der Waals surface area contributed by atoms with E-state index in [1.165, 1.54) is 11.3 Å². The second-order valence-corrected chi connectivity index (χ2v) is 6.49. The summed E-state index contributed by atoms with van der Waals surface area (Å²) in [5.41, 5.74) is 2.54. The number of nitrogens with one attached hydrogen (secondary N) is 1. The fourth-order valence-corrected chi connectivity index (χ4v) is 3.28. The number of hydrogen-bond donors (Lipinski definition) is 1. The Bertz CT molecular complexity index is 825. The Morgan fingerprint density at radius 3 is 2.75 bits per heavy atom. The van der Waals surface area contributed by atoms with Crippen molar-refractivity contribution in [3.05, 3.63) is 64.4 Å². The Balaban J connectivity index is 1.72. The van der Waals surface area contributed by atoms with Gasteiger partial charge in [0.15, 0.2) is 10.8 Å². The molecule has 24 heavy (non-hydrogen) atoms. The number of amides is 1. The van der Waals surface area contributed by atoms with Gasteiger partial charge in [0.25, 0.3) is 5.91 Å². The lowest BCUT2D eigenvalue weighted by molar-refractivity contribution is 0.0945. The SMILES string of the molecule is COCc1ccccc1CNC(=O)c1nc(-c2ccco2)sc1C. The third-order valence-corrected chi connectivity index (χ3v) is 4.59. The maximum absolute atomic E-state index is 12.5. The van der Waals surface area contributed by atoms with Crippen LogP contribution in [0.3, 0.4) is 0 Å². The van der Waals surface area contributed by atoms with Crippen molar-refractivity contribution in [3.8, 4) is 10.8 Å². The third-order valence-electron chi connectivity index (χ3n) is 3.60. The summed E-state index contributed by atoms with van der Waals surface area (Å²) in [5.74, 6) is 0.487. The lowest BCUT2D eigenvalue weighted by Gasteiger charge is -2.09. The number of benzene rings is 1. The quantitative estimate of drug-likeness (QED) is 0.740. The van der Waals surface area contributed by atoms with Gasteiger partial charge in [-0.3, -0.25) is 4.79 Å². The lowest BCUT2D eigenvalue weighted by Crippen LogP contribution is -2.24. The van der Waals surface area contributed by atoms with E-state index < -0.39 is 0 Å². The largest absolute Gasteiger partial charge is 0.462 e. The van der Waals surface area contributed by atoms with E-state index in [9.17, 15) is 4.79 Å². The molecule has 0 bridgehead atoms. The number of nitrogens with zero attached hydrogens (tertiary/aromatic N) is 1. The van der Waals surface area contributed by atoms with Crippen LogP contribution in [0.15, 0.2) is 47.1 Å². The molecule has 0 saturated carbocycles. The van der Waals surface area contributed by atoms with Crippen LogP contribution in [-0.4, -0.2) is 18.0 Å². The number of aromatic nitrogens is 1. The van der Waals surface area contributed by atoms with Gasteiger partial charge in [0.2, 0.25) is 0 Å². The summed E-state index contributed by atoms with van der Waals surface area (Å²) >= 11 is 1.45. The average Bonchev–Trinajstić information content (AvgIpc) is 3.23. The van der Waals surface area contributed by atoms with E-state index >= 15 is 0 Å².